The third-order valence-corrected chi connectivity index (χ3v) is 3.56. The number of hydrogen-bond donors (Lipinski definition) is 0. The van der Waals surface area contributed by atoms with E-state index < -0.39 is 0 Å². The van der Waals surface area contributed by atoms with E-state index in [9.17, 15) is 4.79 Å². The molecule has 92 valence electrons. The molecule has 0 N–H and O–H groups in total. The van der Waals surface area contributed by atoms with Crippen molar-refractivity contribution in [2.45, 2.75) is 25.4 Å². The first-order valence-electron chi connectivity index (χ1n) is 6.45. The summed E-state index contributed by atoms with van der Waals surface area (Å²) < 4.78 is 5.64. The van der Waals surface area contributed by atoms with E-state index in [2.05, 4.69) is 0 Å². The fourth-order valence-corrected chi connectivity index (χ4v) is 2.64. The number of allylic oxidation sites excluding steroid dienone is 2. The van der Waals surface area contributed by atoms with Crippen molar-refractivity contribution in [1.82, 2.24) is 0 Å². The minimum atomic E-state index is 0.0571. The lowest BCUT2D eigenvalue weighted by Crippen LogP contribution is -2.19. The Balaban J connectivity index is 1.87. The zero-order chi connectivity index (χ0) is 12.4. The number of carbonyl (C=O) groups excluding carboxylic acids is 1. The molecule has 1 aromatic rings. The average molecular weight is 240 g/mol. The molecule has 1 aliphatic carbocycles. The van der Waals surface area contributed by atoms with Gasteiger partial charge in [-0.25, -0.2) is 0 Å². The van der Waals surface area contributed by atoms with Gasteiger partial charge < -0.3 is 4.74 Å². The van der Waals surface area contributed by atoms with Crippen LogP contribution in [0.4, 0.5) is 0 Å². The van der Waals surface area contributed by atoms with Gasteiger partial charge in [-0.05, 0) is 24.0 Å². The van der Waals surface area contributed by atoms with Gasteiger partial charge in [-0.15, -0.1) is 0 Å². The number of fused-ring (bicyclic) bond motifs is 1. The Kier molecular flexibility index (Phi) is 3.11. The molecular weight excluding hydrogens is 224 g/mol. The second kappa shape index (κ2) is 4.91. The van der Waals surface area contributed by atoms with Crippen LogP contribution in [0.1, 0.15) is 24.8 Å². The maximum Gasteiger partial charge on any atom is 0.165 e. The molecule has 2 nitrogen and oxygen atoms in total. The van der Waals surface area contributed by atoms with Gasteiger partial charge >= 0.3 is 0 Å². The molecule has 1 aliphatic heterocycles. The molecule has 0 radical (unpaired) electrons. The monoisotopic (exact) mass is 240 g/mol. The fraction of sp³-hybridized carbons (Fsp3) is 0.312. The fourth-order valence-electron chi connectivity index (χ4n) is 2.64. The third kappa shape index (κ3) is 2.16. The van der Waals surface area contributed by atoms with Crippen molar-refractivity contribution >= 4 is 11.9 Å². The Morgan fingerprint density at radius 2 is 2.00 bits per heavy atom. The molecule has 1 saturated heterocycles. The van der Waals surface area contributed by atoms with Crippen molar-refractivity contribution in [3.05, 3.63) is 53.1 Å². The van der Waals surface area contributed by atoms with Crippen molar-refractivity contribution < 1.29 is 9.53 Å². The molecule has 0 saturated carbocycles. The number of carbonyl (C=O) groups is 1. The largest absolute Gasteiger partial charge is 0.373 e. The molecule has 1 atom stereocenters. The highest BCUT2D eigenvalue weighted by Gasteiger charge is 2.33. The van der Waals surface area contributed by atoms with Gasteiger partial charge in [0.25, 0.3) is 0 Å². The van der Waals surface area contributed by atoms with Gasteiger partial charge in [0, 0.05) is 18.6 Å². The van der Waals surface area contributed by atoms with Gasteiger partial charge in [0.1, 0.15) is 0 Å². The number of ether oxygens (including phenoxy) is 1. The van der Waals surface area contributed by atoms with E-state index in [0.717, 1.165) is 30.6 Å². The van der Waals surface area contributed by atoms with Crippen molar-refractivity contribution in [1.29, 1.82) is 0 Å². The van der Waals surface area contributed by atoms with E-state index in [1.807, 2.05) is 42.5 Å². The Morgan fingerprint density at radius 3 is 2.83 bits per heavy atom. The molecule has 0 amide bonds. The molecule has 1 fully saturated rings. The lowest BCUT2D eigenvalue weighted by Gasteiger charge is -2.20. The van der Waals surface area contributed by atoms with Gasteiger partial charge in [-0.3, -0.25) is 4.79 Å². The highest BCUT2D eigenvalue weighted by atomic mass is 16.5. The average Bonchev–Trinajstić information content (AvgIpc) is 2.73. The van der Waals surface area contributed by atoms with Crippen LogP contribution in [0.25, 0.3) is 6.08 Å². The van der Waals surface area contributed by atoms with Crippen LogP contribution in [0.2, 0.25) is 0 Å². The number of hydrogen-bond acceptors (Lipinski definition) is 2. The summed E-state index contributed by atoms with van der Waals surface area (Å²) in [7, 11) is 0. The first-order chi connectivity index (χ1) is 8.84. The van der Waals surface area contributed by atoms with Crippen LogP contribution in [-0.2, 0) is 9.53 Å². The van der Waals surface area contributed by atoms with Crippen molar-refractivity contribution in [3.8, 4) is 0 Å². The number of rotatable bonds is 2. The number of Topliss-reactive ketones (excluding diaryl/α,β-unsaturated/α-hetero) is 1. The molecule has 3 rings (SSSR count). The lowest BCUT2D eigenvalue weighted by molar-refractivity contribution is -0.116. The van der Waals surface area contributed by atoms with Gasteiger partial charge in [0.15, 0.2) is 5.78 Å². The predicted octanol–water partition coefficient (Wildman–Crippen LogP) is 3.15. The van der Waals surface area contributed by atoms with E-state index in [4.69, 9.17) is 4.74 Å². The summed E-state index contributed by atoms with van der Waals surface area (Å²) in [4.78, 5) is 12.0. The molecular formula is C16H16O2. The highest BCUT2D eigenvalue weighted by Crippen LogP contribution is 2.33. The Morgan fingerprint density at radius 1 is 1.17 bits per heavy atom. The van der Waals surface area contributed by atoms with Crippen molar-refractivity contribution in [3.63, 3.8) is 0 Å². The van der Waals surface area contributed by atoms with E-state index in [0.29, 0.717) is 6.42 Å². The normalized spacial score (nSPS) is 23.8. The van der Waals surface area contributed by atoms with Crippen LogP contribution in [-0.4, -0.2) is 18.5 Å². The SMILES string of the molecule is O=C1CC2OCCCC2=C1/C=C/c1ccccc1. The quantitative estimate of drug-likeness (QED) is 0.793. The lowest BCUT2D eigenvalue weighted by atomic mass is 10.0. The smallest absolute Gasteiger partial charge is 0.165 e. The van der Waals surface area contributed by atoms with Crippen molar-refractivity contribution in [2.24, 2.45) is 0 Å². The predicted molar refractivity (Wildman–Crippen MR) is 71.1 cm³/mol. The van der Waals surface area contributed by atoms with E-state index >= 15 is 0 Å². The molecule has 1 aromatic carbocycles. The molecule has 0 spiro atoms. The second-order valence-corrected chi connectivity index (χ2v) is 4.77. The van der Waals surface area contributed by atoms with E-state index in [1.54, 1.807) is 0 Å². The summed E-state index contributed by atoms with van der Waals surface area (Å²) in [6.45, 7) is 0.789. The Hall–Kier alpha value is -1.67. The molecule has 18 heavy (non-hydrogen) atoms. The zero-order valence-corrected chi connectivity index (χ0v) is 10.3. The van der Waals surface area contributed by atoms with Gasteiger partial charge in [0.2, 0.25) is 0 Å². The van der Waals surface area contributed by atoms with Crippen LogP contribution in [0.5, 0.6) is 0 Å². The molecule has 2 aliphatic rings. The zero-order valence-electron chi connectivity index (χ0n) is 10.3. The van der Waals surface area contributed by atoms with Crippen LogP contribution in [0.3, 0.4) is 0 Å². The molecule has 2 heteroatoms. The van der Waals surface area contributed by atoms with Crippen LogP contribution in [0, 0.1) is 0 Å². The standard InChI is InChI=1S/C16H16O2/c17-15-11-16-14(7-4-10-18-16)13(15)9-8-12-5-2-1-3-6-12/h1-3,5-6,8-9,16H,4,7,10-11H2/b9-8+. The molecule has 0 aromatic heterocycles. The minimum absolute atomic E-state index is 0.0571. The van der Waals surface area contributed by atoms with Gasteiger partial charge in [-0.1, -0.05) is 42.5 Å². The number of ketones is 1. The Bertz CT molecular complexity index is 511. The Labute approximate surface area is 107 Å². The maximum absolute atomic E-state index is 12.0. The summed E-state index contributed by atoms with van der Waals surface area (Å²) in [6.07, 6.45) is 6.59. The topological polar surface area (TPSA) is 26.3 Å². The molecule has 1 heterocycles. The number of benzene rings is 1. The van der Waals surface area contributed by atoms with Crippen LogP contribution in [0.15, 0.2) is 47.6 Å². The van der Waals surface area contributed by atoms with Gasteiger partial charge in [0.05, 0.1) is 6.10 Å². The van der Waals surface area contributed by atoms with Crippen molar-refractivity contribution in [2.75, 3.05) is 6.61 Å². The third-order valence-electron chi connectivity index (χ3n) is 3.56. The first kappa shape index (κ1) is 11.4. The summed E-state index contributed by atoms with van der Waals surface area (Å²) >= 11 is 0. The van der Waals surface area contributed by atoms with E-state index in [1.165, 1.54) is 5.57 Å². The van der Waals surface area contributed by atoms with Crippen LogP contribution >= 0.6 is 0 Å². The molecule has 0 bridgehead atoms. The minimum Gasteiger partial charge on any atom is -0.373 e. The highest BCUT2D eigenvalue weighted by molar-refractivity contribution is 6.03. The van der Waals surface area contributed by atoms with Gasteiger partial charge in [-0.2, -0.15) is 0 Å². The summed E-state index contributed by atoms with van der Waals surface area (Å²) in [5, 5.41) is 0. The van der Waals surface area contributed by atoms with E-state index in [-0.39, 0.29) is 11.9 Å². The second-order valence-electron chi connectivity index (χ2n) is 4.77. The summed E-state index contributed by atoms with van der Waals surface area (Å²) in [5.74, 6) is 0.226. The summed E-state index contributed by atoms with van der Waals surface area (Å²) in [5.41, 5.74) is 3.21. The first-order valence-corrected chi connectivity index (χ1v) is 6.45. The summed E-state index contributed by atoms with van der Waals surface area (Å²) in [6, 6.07) is 10.1. The van der Waals surface area contributed by atoms with Crippen LogP contribution < -0.4 is 0 Å². The molecule has 1 unspecified atom stereocenters. The maximum atomic E-state index is 12.0.